The molecule has 0 aliphatic carbocycles. The van der Waals surface area contributed by atoms with Crippen LogP contribution >= 0.6 is 0 Å². The van der Waals surface area contributed by atoms with Crippen molar-refractivity contribution in [2.24, 2.45) is 0 Å². The van der Waals surface area contributed by atoms with Crippen LogP contribution in [-0.4, -0.2) is 37.4 Å². The first-order valence-corrected chi connectivity index (χ1v) is 6.21. The lowest BCUT2D eigenvalue weighted by atomic mass is 10.2. The molecule has 0 aliphatic rings. The summed E-state index contributed by atoms with van der Waals surface area (Å²) in [6, 6.07) is 3.18. The van der Waals surface area contributed by atoms with E-state index in [9.17, 15) is 27.6 Å². The quantitative estimate of drug-likeness (QED) is 0.816. The number of amides is 3. The van der Waals surface area contributed by atoms with Gasteiger partial charge in [0.15, 0.2) is 6.10 Å². The van der Waals surface area contributed by atoms with E-state index in [1.165, 1.54) is 14.0 Å². The highest BCUT2D eigenvalue weighted by Crippen LogP contribution is 2.22. The minimum Gasteiger partial charge on any atom is -0.449 e. The molecule has 0 spiro atoms. The Bertz CT molecular complexity index is 586. The molecule has 0 unspecified atom stereocenters. The van der Waals surface area contributed by atoms with E-state index < -0.39 is 36.1 Å². The van der Waals surface area contributed by atoms with Crippen molar-refractivity contribution >= 4 is 17.9 Å². The minimum atomic E-state index is -4.84. The van der Waals surface area contributed by atoms with E-state index in [1.54, 1.807) is 0 Å². The normalized spacial score (nSPS) is 12.0. The number of urea groups is 1. The summed E-state index contributed by atoms with van der Waals surface area (Å²) in [5, 5.41) is 4.05. The topological polar surface area (TPSA) is 93.7 Å². The Kier molecular flexibility index (Phi) is 5.94. The number of imide groups is 1. The van der Waals surface area contributed by atoms with Gasteiger partial charge in [0.25, 0.3) is 5.91 Å². The van der Waals surface area contributed by atoms with E-state index >= 15 is 0 Å². The number of hydrogen-bond donors (Lipinski definition) is 2. The van der Waals surface area contributed by atoms with Crippen molar-refractivity contribution in [1.29, 1.82) is 0 Å². The molecule has 126 valence electrons. The summed E-state index contributed by atoms with van der Waals surface area (Å²) < 4.78 is 44.5. The number of nitrogens with one attached hydrogen (secondary N) is 2. The van der Waals surface area contributed by atoms with Gasteiger partial charge in [0.2, 0.25) is 0 Å². The van der Waals surface area contributed by atoms with Gasteiger partial charge >= 0.3 is 18.4 Å². The zero-order chi connectivity index (χ0) is 17.6. The molecular formula is C13H13F3N2O5. The molecule has 1 rings (SSSR count). The fourth-order valence-electron chi connectivity index (χ4n) is 1.35. The van der Waals surface area contributed by atoms with Crippen molar-refractivity contribution in [2.75, 3.05) is 7.05 Å². The smallest absolute Gasteiger partial charge is 0.449 e. The van der Waals surface area contributed by atoms with Crippen LogP contribution in [0.3, 0.4) is 0 Å². The number of carbonyl (C=O) groups is 3. The molecule has 0 aliphatic heterocycles. The molecule has 0 radical (unpaired) electrons. The number of ether oxygens (including phenoxy) is 2. The molecule has 0 bridgehead atoms. The molecule has 3 amide bonds. The third-order valence-corrected chi connectivity index (χ3v) is 2.44. The molecule has 0 aromatic heterocycles. The maximum atomic E-state index is 12.0. The average Bonchev–Trinajstić information content (AvgIpc) is 2.45. The monoisotopic (exact) mass is 334 g/mol. The minimum absolute atomic E-state index is 0.0842. The second-order valence-electron chi connectivity index (χ2n) is 4.19. The molecule has 1 atom stereocenters. The number of halogens is 3. The van der Waals surface area contributed by atoms with Gasteiger partial charge in [-0.25, -0.2) is 9.59 Å². The lowest BCUT2D eigenvalue weighted by Gasteiger charge is -2.13. The molecule has 7 nitrogen and oxygen atoms in total. The Labute approximate surface area is 128 Å². The van der Waals surface area contributed by atoms with Crippen LogP contribution in [0.25, 0.3) is 0 Å². The number of alkyl halides is 3. The average molecular weight is 334 g/mol. The van der Waals surface area contributed by atoms with Gasteiger partial charge in [-0.1, -0.05) is 0 Å². The molecule has 23 heavy (non-hydrogen) atoms. The van der Waals surface area contributed by atoms with E-state index in [-0.39, 0.29) is 5.56 Å². The highest BCUT2D eigenvalue weighted by Gasteiger charge is 2.31. The second-order valence-corrected chi connectivity index (χ2v) is 4.19. The van der Waals surface area contributed by atoms with E-state index in [0.717, 1.165) is 24.3 Å². The fourth-order valence-corrected chi connectivity index (χ4v) is 1.35. The van der Waals surface area contributed by atoms with Crippen LogP contribution < -0.4 is 15.4 Å². The van der Waals surface area contributed by atoms with Gasteiger partial charge in [0.1, 0.15) is 5.75 Å². The van der Waals surface area contributed by atoms with Crippen LogP contribution in [0, 0.1) is 0 Å². The molecular weight excluding hydrogens is 321 g/mol. The fraction of sp³-hybridized carbons (Fsp3) is 0.308. The lowest BCUT2D eigenvalue weighted by Crippen LogP contribution is -2.43. The van der Waals surface area contributed by atoms with Gasteiger partial charge in [0, 0.05) is 7.05 Å². The SMILES string of the molecule is CNC(=O)NC(=O)[C@H](C)OC(=O)c1ccc(OC(F)(F)F)cc1. The Morgan fingerprint density at radius 1 is 1.13 bits per heavy atom. The van der Waals surface area contributed by atoms with Crippen molar-refractivity contribution in [1.82, 2.24) is 10.6 Å². The summed E-state index contributed by atoms with van der Waals surface area (Å²) in [6.07, 6.45) is -6.11. The molecule has 0 saturated heterocycles. The van der Waals surface area contributed by atoms with Gasteiger partial charge in [-0.2, -0.15) is 0 Å². The molecule has 1 aromatic carbocycles. The first-order valence-electron chi connectivity index (χ1n) is 6.21. The lowest BCUT2D eigenvalue weighted by molar-refractivity contribution is -0.274. The van der Waals surface area contributed by atoms with Gasteiger partial charge < -0.3 is 14.8 Å². The molecule has 0 fully saturated rings. The van der Waals surface area contributed by atoms with Crippen molar-refractivity contribution in [3.05, 3.63) is 29.8 Å². The zero-order valence-corrected chi connectivity index (χ0v) is 12.1. The van der Waals surface area contributed by atoms with Crippen LogP contribution in [0.1, 0.15) is 17.3 Å². The summed E-state index contributed by atoms with van der Waals surface area (Å²) in [4.78, 5) is 34.2. The van der Waals surface area contributed by atoms with Crippen LogP contribution in [-0.2, 0) is 9.53 Å². The second kappa shape index (κ2) is 7.47. The summed E-state index contributed by atoms with van der Waals surface area (Å²) >= 11 is 0. The van der Waals surface area contributed by atoms with E-state index in [0.29, 0.717) is 0 Å². The van der Waals surface area contributed by atoms with Gasteiger partial charge in [-0.05, 0) is 31.2 Å². The maximum Gasteiger partial charge on any atom is 0.573 e. The molecule has 0 saturated carbocycles. The van der Waals surface area contributed by atoms with Gasteiger partial charge in [-0.15, -0.1) is 13.2 Å². The number of benzene rings is 1. The van der Waals surface area contributed by atoms with Crippen molar-refractivity contribution in [2.45, 2.75) is 19.4 Å². The van der Waals surface area contributed by atoms with Crippen LogP contribution in [0.5, 0.6) is 5.75 Å². The third-order valence-electron chi connectivity index (χ3n) is 2.44. The Morgan fingerprint density at radius 3 is 2.17 bits per heavy atom. The van der Waals surface area contributed by atoms with Gasteiger partial charge in [0.05, 0.1) is 5.56 Å². The number of esters is 1. The number of rotatable bonds is 4. The van der Waals surface area contributed by atoms with Crippen LogP contribution in [0.4, 0.5) is 18.0 Å². The maximum absolute atomic E-state index is 12.0. The Hall–Kier alpha value is -2.78. The van der Waals surface area contributed by atoms with Crippen molar-refractivity contribution < 1.29 is 37.0 Å². The Morgan fingerprint density at radius 2 is 1.70 bits per heavy atom. The molecule has 0 heterocycles. The van der Waals surface area contributed by atoms with Crippen LogP contribution in [0.2, 0.25) is 0 Å². The van der Waals surface area contributed by atoms with E-state index in [2.05, 4.69) is 10.1 Å². The van der Waals surface area contributed by atoms with E-state index in [4.69, 9.17) is 4.74 Å². The Balaban J connectivity index is 2.64. The first kappa shape index (κ1) is 18.3. The highest BCUT2D eigenvalue weighted by molar-refractivity contribution is 5.98. The van der Waals surface area contributed by atoms with E-state index in [1.807, 2.05) is 5.32 Å². The number of carbonyl (C=O) groups excluding carboxylic acids is 3. The standard InChI is InChI=1S/C13H13F3N2O5/c1-7(10(19)18-12(21)17-2)22-11(20)8-3-5-9(6-4-8)23-13(14,15)16/h3-7H,1-2H3,(H2,17,18,19,21)/t7-/m0/s1. The predicted molar refractivity (Wildman–Crippen MR) is 70.6 cm³/mol. The zero-order valence-electron chi connectivity index (χ0n) is 12.1. The number of hydrogen-bond acceptors (Lipinski definition) is 5. The summed E-state index contributed by atoms with van der Waals surface area (Å²) in [5.41, 5.74) is -0.0842. The summed E-state index contributed by atoms with van der Waals surface area (Å²) in [7, 11) is 1.30. The molecule has 10 heteroatoms. The summed E-state index contributed by atoms with van der Waals surface area (Å²) in [6.45, 7) is 1.23. The molecule has 1 aromatic rings. The van der Waals surface area contributed by atoms with Crippen molar-refractivity contribution in [3.63, 3.8) is 0 Å². The third kappa shape index (κ3) is 6.24. The molecule has 2 N–H and O–H groups in total. The van der Waals surface area contributed by atoms with Crippen LogP contribution in [0.15, 0.2) is 24.3 Å². The highest BCUT2D eigenvalue weighted by atomic mass is 19.4. The largest absolute Gasteiger partial charge is 0.573 e. The predicted octanol–water partition coefficient (Wildman–Crippen LogP) is 1.59. The van der Waals surface area contributed by atoms with Gasteiger partial charge in [-0.3, -0.25) is 10.1 Å². The van der Waals surface area contributed by atoms with Crippen molar-refractivity contribution in [3.8, 4) is 5.75 Å². The summed E-state index contributed by atoms with van der Waals surface area (Å²) in [5.74, 6) is -2.29. The first-order chi connectivity index (χ1) is 10.6.